The molecule has 0 saturated carbocycles. The van der Waals surface area contributed by atoms with Gasteiger partial charge in [-0.1, -0.05) is 0 Å². The topological polar surface area (TPSA) is 107 Å². The molecule has 1 aliphatic heterocycles. The summed E-state index contributed by atoms with van der Waals surface area (Å²) in [6.45, 7) is 14.6. The van der Waals surface area contributed by atoms with Gasteiger partial charge in [-0.3, -0.25) is 14.4 Å². The van der Waals surface area contributed by atoms with Crippen LogP contribution in [0.3, 0.4) is 0 Å². The number of thiophene rings is 1. The number of hydrogen-bond donors (Lipinski definition) is 2. The lowest BCUT2D eigenvalue weighted by atomic mass is 10.0. The number of aromatic nitrogens is 1. The number of carbonyl (C=O) groups excluding carboxylic acids is 3. The van der Waals surface area contributed by atoms with Crippen molar-refractivity contribution < 1.29 is 19.2 Å². The standard InChI is InChI=1S/C30H46N6O4S/c1-20-17-25(28(38)34(7)30(4,5)6)32-22(3)26(20)27(37)31-13-9-21(2)35-14-10-24(11-15-35)36(29(39)33-40-8)18-23-12-16-41-19-23/h12,16-17,19,21,24H,9-11,13-15,18H2,1-8H3,(H,31,37)(H,33,39)/t21-/m1/s1. The molecule has 41 heavy (non-hydrogen) atoms. The second-order valence-electron chi connectivity index (χ2n) is 11.9. The fourth-order valence-corrected chi connectivity index (χ4v) is 5.82. The summed E-state index contributed by atoms with van der Waals surface area (Å²) < 4.78 is 0. The number of hydrogen-bond acceptors (Lipinski definition) is 7. The first-order chi connectivity index (χ1) is 19.3. The molecule has 0 aromatic carbocycles. The van der Waals surface area contributed by atoms with E-state index in [4.69, 9.17) is 4.84 Å². The lowest BCUT2D eigenvalue weighted by Crippen LogP contribution is -2.51. The number of likely N-dealkylation sites (tertiary alicyclic amines) is 1. The third-order valence-corrected chi connectivity index (χ3v) is 8.68. The third kappa shape index (κ3) is 8.50. The van der Waals surface area contributed by atoms with Crippen molar-refractivity contribution in [2.75, 3.05) is 33.8 Å². The molecule has 0 bridgehead atoms. The Bertz CT molecular complexity index is 1170. The summed E-state index contributed by atoms with van der Waals surface area (Å²) in [4.78, 5) is 54.0. The quantitative estimate of drug-likeness (QED) is 0.401. The van der Waals surface area contributed by atoms with Crippen LogP contribution in [0.4, 0.5) is 4.79 Å². The number of urea groups is 1. The van der Waals surface area contributed by atoms with Gasteiger partial charge in [-0.15, -0.1) is 0 Å². The summed E-state index contributed by atoms with van der Waals surface area (Å²) in [5.41, 5.74) is 5.42. The maximum Gasteiger partial charge on any atom is 0.341 e. The second-order valence-corrected chi connectivity index (χ2v) is 12.6. The zero-order valence-electron chi connectivity index (χ0n) is 25.7. The van der Waals surface area contributed by atoms with Crippen LogP contribution in [0, 0.1) is 13.8 Å². The molecule has 4 amide bonds. The molecule has 0 unspecified atom stereocenters. The van der Waals surface area contributed by atoms with Gasteiger partial charge in [0.2, 0.25) is 0 Å². The normalized spacial score (nSPS) is 15.3. The van der Waals surface area contributed by atoms with E-state index in [1.165, 1.54) is 7.11 Å². The van der Waals surface area contributed by atoms with Crippen molar-refractivity contribution in [1.29, 1.82) is 0 Å². The lowest BCUT2D eigenvalue weighted by molar-refractivity contribution is 0.0565. The van der Waals surface area contributed by atoms with Crippen LogP contribution >= 0.6 is 11.3 Å². The van der Waals surface area contributed by atoms with Gasteiger partial charge in [-0.25, -0.2) is 15.3 Å². The summed E-state index contributed by atoms with van der Waals surface area (Å²) in [5.74, 6) is -0.336. The fourth-order valence-electron chi connectivity index (χ4n) is 5.16. The van der Waals surface area contributed by atoms with Crippen LogP contribution in [0.5, 0.6) is 0 Å². The minimum Gasteiger partial charge on any atom is -0.352 e. The van der Waals surface area contributed by atoms with Crippen LogP contribution in [0.1, 0.15) is 84.6 Å². The molecule has 11 heteroatoms. The van der Waals surface area contributed by atoms with E-state index in [9.17, 15) is 14.4 Å². The first-order valence-corrected chi connectivity index (χ1v) is 15.2. The fraction of sp³-hybridized carbons (Fsp3) is 0.600. The van der Waals surface area contributed by atoms with Crippen LogP contribution in [-0.2, 0) is 11.4 Å². The first kappa shape index (κ1) is 32.5. The SMILES string of the molecule is CONC(=O)N(Cc1ccsc1)C1CCN([C@H](C)CCNC(=O)c2c(C)cc(C(=O)N(C)C(C)(C)C)nc2C)CC1. The lowest BCUT2D eigenvalue weighted by Gasteiger charge is -2.40. The summed E-state index contributed by atoms with van der Waals surface area (Å²) in [7, 11) is 3.21. The third-order valence-electron chi connectivity index (χ3n) is 7.95. The highest BCUT2D eigenvalue weighted by Gasteiger charge is 2.30. The van der Waals surface area contributed by atoms with Crippen molar-refractivity contribution in [3.05, 3.63) is 51.0 Å². The summed E-state index contributed by atoms with van der Waals surface area (Å²) in [5, 5.41) is 7.14. The molecule has 1 atom stereocenters. The molecule has 1 fully saturated rings. The van der Waals surface area contributed by atoms with Crippen molar-refractivity contribution in [1.82, 2.24) is 30.5 Å². The molecule has 0 radical (unpaired) electrons. The Morgan fingerprint density at radius 1 is 1.22 bits per heavy atom. The number of pyridine rings is 1. The van der Waals surface area contributed by atoms with E-state index in [0.717, 1.165) is 43.5 Å². The van der Waals surface area contributed by atoms with Crippen LogP contribution in [0.25, 0.3) is 0 Å². The number of hydroxylamine groups is 1. The van der Waals surface area contributed by atoms with Crippen LogP contribution in [-0.4, -0.2) is 88.9 Å². The minimum atomic E-state index is -0.329. The van der Waals surface area contributed by atoms with E-state index in [2.05, 4.69) is 33.0 Å². The van der Waals surface area contributed by atoms with E-state index in [-0.39, 0.29) is 35.5 Å². The Kier molecular flexibility index (Phi) is 11.3. The van der Waals surface area contributed by atoms with E-state index in [1.54, 1.807) is 36.3 Å². The summed E-state index contributed by atoms with van der Waals surface area (Å²) in [6, 6.07) is 3.94. The number of piperidine rings is 1. The van der Waals surface area contributed by atoms with Gasteiger partial charge < -0.3 is 20.0 Å². The highest BCUT2D eigenvalue weighted by Crippen LogP contribution is 2.23. The molecule has 2 aromatic heterocycles. The van der Waals surface area contributed by atoms with Gasteiger partial charge in [0.25, 0.3) is 11.8 Å². The first-order valence-electron chi connectivity index (χ1n) is 14.2. The second kappa shape index (κ2) is 14.2. The van der Waals surface area contributed by atoms with Crippen LogP contribution in [0.2, 0.25) is 0 Å². The molecular formula is C30H46N6O4S. The molecule has 0 aliphatic carbocycles. The molecule has 1 aliphatic rings. The maximum absolute atomic E-state index is 13.1. The largest absolute Gasteiger partial charge is 0.352 e. The Hall–Kier alpha value is -3.02. The molecule has 10 nitrogen and oxygen atoms in total. The van der Waals surface area contributed by atoms with E-state index >= 15 is 0 Å². The van der Waals surface area contributed by atoms with Crippen molar-refractivity contribution in [2.45, 2.75) is 85.0 Å². The van der Waals surface area contributed by atoms with Gasteiger partial charge in [0.15, 0.2) is 0 Å². The van der Waals surface area contributed by atoms with Gasteiger partial charge in [0.05, 0.1) is 18.4 Å². The summed E-state index contributed by atoms with van der Waals surface area (Å²) >= 11 is 1.62. The van der Waals surface area contributed by atoms with E-state index in [1.807, 2.05) is 44.0 Å². The molecule has 226 valence electrons. The predicted molar refractivity (Wildman–Crippen MR) is 162 cm³/mol. The van der Waals surface area contributed by atoms with Gasteiger partial charge in [0.1, 0.15) is 5.69 Å². The van der Waals surface area contributed by atoms with Gasteiger partial charge in [0, 0.05) is 50.8 Å². The average molecular weight is 587 g/mol. The monoisotopic (exact) mass is 586 g/mol. The van der Waals surface area contributed by atoms with Gasteiger partial charge in [-0.05, 0) is 94.8 Å². The minimum absolute atomic E-state index is 0.129. The molecular weight excluding hydrogens is 540 g/mol. The number of nitrogens with one attached hydrogen (secondary N) is 2. The van der Waals surface area contributed by atoms with Gasteiger partial charge in [-0.2, -0.15) is 11.3 Å². The Morgan fingerprint density at radius 2 is 1.90 bits per heavy atom. The van der Waals surface area contributed by atoms with Crippen molar-refractivity contribution in [2.24, 2.45) is 0 Å². The highest BCUT2D eigenvalue weighted by molar-refractivity contribution is 7.07. The smallest absolute Gasteiger partial charge is 0.341 e. The number of rotatable bonds is 10. The van der Waals surface area contributed by atoms with Crippen LogP contribution < -0.4 is 10.8 Å². The number of aryl methyl sites for hydroxylation is 2. The molecule has 0 spiro atoms. The van der Waals surface area contributed by atoms with Crippen molar-refractivity contribution in [3.8, 4) is 0 Å². The molecule has 2 aromatic rings. The Morgan fingerprint density at radius 3 is 2.46 bits per heavy atom. The van der Waals surface area contributed by atoms with Gasteiger partial charge >= 0.3 is 6.03 Å². The average Bonchev–Trinajstić information content (AvgIpc) is 3.43. The molecule has 1 saturated heterocycles. The highest BCUT2D eigenvalue weighted by atomic mass is 32.1. The van der Waals surface area contributed by atoms with Crippen LogP contribution in [0.15, 0.2) is 22.9 Å². The molecule has 3 rings (SSSR count). The van der Waals surface area contributed by atoms with Crippen molar-refractivity contribution in [3.63, 3.8) is 0 Å². The Balaban J connectivity index is 1.52. The zero-order chi connectivity index (χ0) is 30.3. The predicted octanol–water partition coefficient (Wildman–Crippen LogP) is 4.38. The number of amides is 4. The Labute approximate surface area is 248 Å². The zero-order valence-corrected chi connectivity index (χ0v) is 26.6. The molecule has 3 heterocycles. The number of nitrogens with zero attached hydrogens (tertiary/aromatic N) is 4. The van der Waals surface area contributed by atoms with E-state index in [0.29, 0.717) is 30.0 Å². The maximum atomic E-state index is 13.1. The summed E-state index contributed by atoms with van der Waals surface area (Å²) in [6.07, 6.45) is 2.55. The van der Waals surface area contributed by atoms with Crippen molar-refractivity contribution >= 4 is 29.2 Å². The van der Waals surface area contributed by atoms with E-state index < -0.39 is 0 Å². The number of carbonyl (C=O) groups is 3. The molecule has 2 N–H and O–H groups in total.